The maximum atomic E-state index is 12.5. The van der Waals surface area contributed by atoms with Gasteiger partial charge in [-0.05, 0) is 48.7 Å². The van der Waals surface area contributed by atoms with Crippen LogP contribution in [0.25, 0.3) is 33.4 Å². The van der Waals surface area contributed by atoms with Gasteiger partial charge in [0.25, 0.3) is 0 Å². The van der Waals surface area contributed by atoms with Crippen molar-refractivity contribution in [3.8, 4) is 28.2 Å². The predicted octanol–water partition coefficient (Wildman–Crippen LogP) is 7.45. The summed E-state index contributed by atoms with van der Waals surface area (Å²) in [6.07, 6.45) is 0.450. The van der Waals surface area contributed by atoms with Crippen LogP contribution >= 0.6 is 46.4 Å². The molecule has 0 radical (unpaired) electrons. The van der Waals surface area contributed by atoms with E-state index in [1.165, 1.54) is 25.1 Å². The summed E-state index contributed by atoms with van der Waals surface area (Å²) in [6, 6.07) is 5.77. The molecule has 2 N–H and O–H groups in total. The Morgan fingerprint density at radius 2 is 1.62 bits per heavy atom. The Morgan fingerprint density at radius 3 is 2.25 bits per heavy atom. The molecule has 0 bridgehead atoms. The zero-order valence-corrected chi connectivity index (χ0v) is 19.7. The molecule has 32 heavy (non-hydrogen) atoms. The van der Waals surface area contributed by atoms with E-state index in [4.69, 9.17) is 50.8 Å². The molecule has 9 heteroatoms. The number of benzene rings is 3. The second-order valence-electron chi connectivity index (χ2n) is 7.21. The Labute approximate surface area is 202 Å². The molecule has 1 heterocycles. The molecule has 0 unspecified atom stereocenters. The summed E-state index contributed by atoms with van der Waals surface area (Å²) in [6.45, 7) is 3.37. The monoisotopic (exact) mass is 510 g/mol. The van der Waals surface area contributed by atoms with Gasteiger partial charge in [-0.1, -0.05) is 53.3 Å². The minimum Gasteiger partial charge on any atom is -0.506 e. The van der Waals surface area contributed by atoms with E-state index in [9.17, 15) is 19.8 Å². The van der Waals surface area contributed by atoms with E-state index in [-0.39, 0.29) is 53.9 Å². The number of phenols is 1. The number of hydrogen-bond donors (Lipinski definition) is 2. The van der Waals surface area contributed by atoms with Gasteiger partial charge in [0, 0.05) is 22.1 Å². The highest BCUT2D eigenvalue weighted by molar-refractivity contribution is 6.42. The minimum absolute atomic E-state index is 0.0525. The van der Waals surface area contributed by atoms with Crippen molar-refractivity contribution in [1.82, 2.24) is 0 Å². The van der Waals surface area contributed by atoms with Crippen molar-refractivity contribution in [3.05, 3.63) is 71.3 Å². The van der Waals surface area contributed by atoms with Crippen LogP contribution in [0.3, 0.4) is 0 Å². The van der Waals surface area contributed by atoms with Crippen LogP contribution in [0.15, 0.2) is 33.5 Å². The number of carboxylic acid groups (broad SMARTS) is 1. The SMILES string of the molecule is CCc1cc2c(-c3cc(Cl)c(Cl)cc3C(=O)O)c3cc(Cl)c(=O)c(C)c-3oc2c(Cl)c1O. The van der Waals surface area contributed by atoms with Crippen molar-refractivity contribution in [1.29, 1.82) is 0 Å². The first-order valence-corrected chi connectivity index (χ1v) is 10.9. The number of phenolic OH excluding ortho intramolecular Hbond substituents is 1. The first-order valence-electron chi connectivity index (χ1n) is 9.39. The maximum absolute atomic E-state index is 12.5. The molecule has 2 aromatic carbocycles. The third-order valence-corrected chi connectivity index (χ3v) is 6.73. The van der Waals surface area contributed by atoms with Crippen molar-refractivity contribution in [2.75, 3.05) is 0 Å². The molecular weight excluding hydrogens is 498 g/mol. The molecule has 1 aliphatic heterocycles. The Morgan fingerprint density at radius 1 is 1.00 bits per heavy atom. The number of carboxylic acids is 1. The lowest BCUT2D eigenvalue weighted by atomic mass is 9.88. The molecule has 0 saturated heterocycles. The Hall–Kier alpha value is -2.44. The van der Waals surface area contributed by atoms with Crippen LogP contribution < -0.4 is 5.43 Å². The number of hydrogen-bond acceptors (Lipinski definition) is 4. The number of carbonyl (C=O) groups is 1. The summed E-state index contributed by atoms with van der Waals surface area (Å²) in [4.78, 5) is 24.6. The number of aryl methyl sites for hydroxylation is 1. The van der Waals surface area contributed by atoms with E-state index in [0.717, 1.165) is 0 Å². The van der Waals surface area contributed by atoms with Gasteiger partial charge in [-0.2, -0.15) is 0 Å². The molecule has 2 aliphatic rings. The molecule has 1 aliphatic carbocycles. The number of fused-ring (bicyclic) bond motifs is 2. The maximum Gasteiger partial charge on any atom is 0.336 e. The van der Waals surface area contributed by atoms with Crippen molar-refractivity contribution in [2.24, 2.45) is 0 Å². The average Bonchev–Trinajstić information content (AvgIpc) is 2.75. The number of halogens is 4. The molecule has 0 atom stereocenters. The minimum atomic E-state index is -1.23. The van der Waals surface area contributed by atoms with E-state index in [1.807, 2.05) is 6.92 Å². The number of rotatable bonds is 3. The lowest BCUT2D eigenvalue weighted by molar-refractivity contribution is 0.0697. The molecule has 164 valence electrons. The van der Waals surface area contributed by atoms with Gasteiger partial charge in [0.15, 0.2) is 5.58 Å². The Balaban J connectivity index is 2.35. The quantitative estimate of drug-likeness (QED) is 0.279. The first-order chi connectivity index (χ1) is 15.1. The second-order valence-corrected chi connectivity index (χ2v) is 8.81. The van der Waals surface area contributed by atoms with Gasteiger partial charge in [0.1, 0.15) is 16.5 Å². The summed E-state index contributed by atoms with van der Waals surface area (Å²) in [5.41, 5.74) is 1.29. The molecule has 0 fully saturated rings. The number of aromatic hydroxyl groups is 1. The molecule has 0 aromatic heterocycles. The Kier molecular flexibility index (Phi) is 5.80. The van der Waals surface area contributed by atoms with Gasteiger partial charge in [-0.3, -0.25) is 4.79 Å². The van der Waals surface area contributed by atoms with Crippen LogP contribution in [0.2, 0.25) is 20.1 Å². The van der Waals surface area contributed by atoms with E-state index < -0.39 is 11.4 Å². The smallest absolute Gasteiger partial charge is 0.336 e. The standard InChI is InChI=1S/C23H14Cl4O5/c1-3-9-4-12-17(10-5-14(24)15(25)6-11(10)23(30)31)13-7-16(26)19(28)8(2)21(13)32-22(12)18(27)20(9)29/h4-7,29H,3H2,1-2H3,(H,30,31). The molecule has 5 nitrogen and oxygen atoms in total. The van der Waals surface area contributed by atoms with Crippen molar-refractivity contribution in [2.45, 2.75) is 20.3 Å². The second kappa shape index (κ2) is 8.16. The van der Waals surface area contributed by atoms with Crippen LogP contribution in [0.4, 0.5) is 0 Å². The zero-order valence-electron chi connectivity index (χ0n) is 16.6. The lowest BCUT2D eigenvalue weighted by Gasteiger charge is -2.20. The van der Waals surface area contributed by atoms with Gasteiger partial charge < -0.3 is 14.6 Å². The van der Waals surface area contributed by atoms with E-state index in [2.05, 4.69) is 0 Å². The molecular formula is C23H14Cl4O5. The van der Waals surface area contributed by atoms with Gasteiger partial charge in [0.2, 0.25) is 5.43 Å². The van der Waals surface area contributed by atoms with Gasteiger partial charge >= 0.3 is 5.97 Å². The summed E-state index contributed by atoms with van der Waals surface area (Å²) in [5, 5.41) is 20.9. The van der Waals surface area contributed by atoms with Crippen LogP contribution in [0, 0.1) is 6.92 Å². The Bertz CT molecular complexity index is 1470. The number of aromatic carboxylic acids is 1. The first kappa shape index (κ1) is 22.7. The van der Waals surface area contributed by atoms with Gasteiger partial charge in [0.05, 0.1) is 20.6 Å². The van der Waals surface area contributed by atoms with Gasteiger partial charge in [-0.15, -0.1) is 0 Å². The summed E-state index contributed by atoms with van der Waals surface area (Å²) in [5.74, 6) is -1.23. The molecule has 0 saturated carbocycles. The van der Waals surface area contributed by atoms with Gasteiger partial charge in [-0.25, -0.2) is 4.79 Å². The topological polar surface area (TPSA) is 87.7 Å². The average molecular weight is 512 g/mol. The largest absolute Gasteiger partial charge is 0.506 e. The lowest BCUT2D eigenvalue weighted by Crippen LogP contribution is -2.10. The van der Waals surface area contributed by atoms with Crippen molar-refractivity contribution in [3.63, 3.8) is 0 Å². The fourth-order valence-electron chi connectivity index (χ4n) is 3.76. The predicted molar refractivity (Wildman–Crippen MR) is 127 cm³/mol. The fraction of sp³-hybridized carbons (Fsp3) is 0.130. The van der Waals surface area contributed by atoms with E-state index in [0.29, 0.717) is 28.5 Å². The zero-order chi connectivity index (χ0) is 23.5. The fourth-order valence-corrected chi connectivity index (χ4v) is 4.60. The highest BCUT2D eigenvalue weighted by Crippen LogP contribution is 2.48. The summed E-state index contributed by atoms with van der Waals surface area (Å²) >= 11 is 25.0. The van der Waals surface area contributed by atoms with Crippen molar-refractivity contribution >= 4 is 63.3 Å². The summed E-state index contributed by atoms with van der Waals surface area (Å²) < 4.78 is 5.98. The van der Waals surface area contributed by atoms with Crippen LogP contribution in [-0.4, -0.2) is 16.2 Å². The molecule has 4 rings (SSSR count). The van der Waals surface area contributed by atoms with Crippen LogP contribution in [0.5, 0.6) is 5.75 Å². The van der Waals surface area contributed by atoms with E-state index in [1.54, 1.807) is 6.07 Å². The highest BCUT2D eigenvalue weighted by Gasteiger charge is 2.27. The molecule has 2 aromatic rings. The summed E-state index contributed by atoms with van der Waals surface area (Å²) in [7, 11) is 0. The third kappa shape index (κ3) is 3.41. The molecule has 0 spiro atoms. The molecule has 0 amide bonds. The highest BCUT2D eigenvalue weighted by atomic mass is 35.5. The van der Waals surface area contributed by atoms with Crippen LogP contribution in [-0.2, 0) is 6.42 Å². The normalized spacial score (nSPS) is 11.4. The van der Waals surface area contributed by atoms with E-state index >= 15 is 0 Å². The third-order valence-electron chi connectivity index (χ3n) is 5.37. The van der Waals surface area contributed by atoms with Crippen molar-refractivity contribution < 1.29 is 19.4 Å². The van der Waals surface area contributed by atoms with Crippen LogP contribution in [0.1, 0.15) is 28.4 Å².